The van der Waals surface area contributed by atoms with Crippen LogP contribution in [0.15, 0.2) is 41.6 Å². The van der Waals surface area contributed by atoms with E-state index >= 15 is 4.39 Å². The molecule has 1 fully saturated rings. The summed E-state index contributed by atoms with van der Waals surface area (Å²) in [5.41, 5.74) is 0.843. The zero-order valence-corrected chi connectivity index (χ0v) is 22.3. The Hall–Kier alpha value is -3.45. The first-order valence-electron chi connectivity index (χ1n) is 12.5. The number of aromatic nitrogens is 5. The van der Waals surface area contributed by atoms with E-state index in [0.717, 1.165) is 61.9 Å². The SMILES string of the molecule is Cc1[nH]nc2nc(-c3ccc(NSc4cc(C(F)(F)F)ccn4)c(F)c3)nc(OC3CCN(C(C)C)CC3)c12. The molecule has 2 N–H and O–H groups in total. The number of rotatable bonds is 7. The van der Waals surface area contributed by atoms with Gasteiger partial charge in [-0.1, -0.05) is 0 Å². The standard InChI is InChI=1S/C26H27F4N7OS/c1-14(2)37-10-7-18(8-11-37)38-25-22-15(3)34-35-24(22)32-23(33-25)16-4-5-20(19(27)12-16)36-39-21-13-17(6-9-31-21)26(28,29)30/h4-6,9,12-14,18,36H,7-8,10-11H2,1-3H3,(H,32,33,34,35). The lowest BCUT2D eigenvalue weighted by Crippen LogP contribution is -2.41. The van der Waals surface area contributed by atoms with Gasteiger partial charge in [-0.3, -0.25) is 5.10 Å². The largest absolute Gasteiger partial charge is 0.474 e. The van der Waals surface area contributed by atoms with Gasteiger partial charge in [0.1, 0.15) is 22.3 Å². The fraction of sp³-hybridized carbons (Fsp3) is 0.385. The molecule has 0 unspecified atom stereocenters. The van der Waals surface area contributed by atoms with Crippen LogP contribution < -0.4 is 9.46 Å². The number of nitrogens with one attached hydrogen (secondary N) is 2. The Morgan fingerprint density at radius 2 is 1.90 bits per heavy atom. The predicted molar refractivity (Wildman–Crippen MR) is 141 cm³/mol. The number of ether oxygens (including phenoxy) is 1. The highest BCUT2D eigenvalue weighted by Crippen LogP contribution is 2.33. The Bertz CT molecular complexity index is 1470. The molecular weight excluding hydrogens is 534 g/mol. The van der Waals surface area contributed by atoms with E-state index in [0.29, 0.717) is 28.5 Å². The molecule has 1 aliphatic heterocycles. The van der Waals surface area contributed by atoms with Gasteiger partial charge in [0.05, 0.1) is 11.3 Å². The van der Waals surface area contributed by atoms with E-state index < -0.39 is 17.6 Å². The minimum Gasteiger partial charge on any atom is -0.474 e. The van der Waals surface area contributed by atoms with E-state index in [-0.39, 0.29) is 22.6 Å². The molecule has 0 bridgehead atoms. The van der Waals surface area contributed by atoms with Crippen LogP contribution in [0, 0.1) is 12.7 Å². The summed E-state index contributed by atoms with van der Waals surface area (Å²) in [6.07, 6.45) is -1.71. The molecule has 4 aromatic rings. The van der Waals surface area contributed by atoms with Crippen molar-refractivity contribution in [1.82, 2.24) is 30.0 Å². The van der Waals surface area contributed by atoms with Crippen LogP contribution in [0.25, 0.3) is 22.4 Å². The van der Waals surface area contributed by atoms with E-state index in [2.05, 4.69) is 48.6 Å². The summed E-state index contributed by atoms with van der Waals surface area (Å²) in [6.45, 7) is 8.08. The molecule has 0 radical (unpaired) electrons. The highest BCUT2D eigenvalue weighted by atomic mass is 32.2. The summed E-state index contributed by atoms with van der Waals surface area (Å²) in [5, 5.41) is 7.92. The molecule has 5 rings (SSSR count). The van der Waals surface area contributed by atoms with Crippen LogP contribution in [0.3, 0.4) is 0 Å². The summed E-state index contributed by atoms with van der Waals surface area (Å²) in [5.74, 6) is 0.0247. The van der Waals surface area contributed by atoms with Gasteiger partial charge >= 0.3 is 6.18 Å². The third-order valence-electron chi connectivity index (χ3n) is 6.60. The van der Waals surface area contributed by atoms with Gasteiger partial charge in [-0.25, -0.2) is 14.4 Å². The number of alkyl halides is 3. The molecule has 13 heteroatoms. The maximum atomic E-state index is 15.0. The van der Waals surface area contributed by atoms with Crippen molar-refractivity contribution in [3.63, 3.8) is 0 Å². The highest BCUT2D eigenvalue weighted by Gasteiger charge is 2.31. The van der Waals surface area contributed by atoms with Crippen LogP contribution in [0.5, 0.6) is 5.88 Å². The van der Waals surface area contributed by atoms with Crippen molar-refractivity contribution in [2.24, 2.45) is 0 Å². The maximum absolute atomic E-state index is 15.0. The Balaban J connectivity index is 1.35. The number of aryl methyl sites for hydroxylation is 1. The molecule has 0 spiro atoms. The lowest BCUT2D eigenvalue weighted by molar-refractivity contribution is -0.137. The van der Waals surface area contributed by atoms with Crippen LogP contribution in [-0.4, -0.2) is 55.3 Å². The summed E-state index contributed by atoms with van der Waals surface area (Å²) in [6, 6.07) is 6.60. The van der Waals surface area contributed by atoms with Crippen LogP contribution in [-0.2, 0) is 6.18 Å². The van der Waals surface area contributed by atoms with Gasteiger partial charge in [0.15, 0.2) is 11.5 Å². The second kappa shape index (κ2) is 11.0. The van der Waals surface area contributed by atoms with Crippen molar-refractivity contribution < 1.29 is 22.3 Å². The number of likely N-dealkylation sites (tertiary alicyclic amines) is 1. The van der Waals surface area contributed by atoms with Gasteiger partial charge in [0.2, 0.25) is 5.88 Å². The van der Waals surface area contributed by atoms with E-state index in [1.54, 1.807) is 6.07 Å². The minimum absolute atomic E-state index is 0.00922. The Labute approximate surface area is 226 Å². The van der Waals surface area contributed by atoms with Gasteiger partial charge < -0.3 is 14.4 Å². The number of nitrogens with zero attached hydrogens (tertiary/aromatic N) is 5. The number of anilines is 1. The molecule has 206 valence electrons. The predicted octanol–water partition coefficient (Wildman–Crippen LogP) is 6.25. The number of pyridine rings is 1. The average Bonchev–Trinajstić information content (AvgIpc) is 3.28. The molecule has 0 amide bonds. The number of aromatic amines is 1. The zero-order chi connectivity index (χ0) is 27.7. The van der Waals surface area contributed by atoms with E-state index in [1.165, 1.54) is 12.1 Å². The van der Waals surface area contributed by atoms with Crippen molar-refractivity contribution in [3.05, 3.63) is 53.6 Å². The van der Waals surface area contributed by atoms with Crippen LogP contribution in [0.2, 0.25) is 0 Å². The number of hydrogen-bond donors (Lipinski definition) is 2. The number of fused-ring (bicyclic) bond motifs is 1. The van der Waals surface area contributed by atoms with E-state index in [1.807, 2.05) is 6.92 Å². The number of benzene rings is 1. The van der Waals surface area contributed by atoms with Crippen LogP contribution in [0.1, 0.15) is 37.9 Å². The Morgan fingerprint density at radius 3 is 2.59 bits per heavy atom. The van der Waals surface area contributed by atoms with E-state index in [9.17, 15) is 13.2 Å². The molecular formula is C26H27F4N7OS. The van der Waals surface area contributed by atoms with Gasteiger partial charge in [0.25, 0.3) is 0 Å². The molecule has 4 heterocycles. The average molecular weight is 562 g/mol. The molecule has 8 nitrogen and oxygen atoms in total. The first-order valence-corrected chi connectivity index (χ1v) is 13.3. The summed E-state index contributed by atoms with van der Waals surface area (Å²) in [7, 11) is 0. The fourth-order valence-corrected chi connectivity index (χ4v) is 5.08. The molecule has 0 atom stereocenters. The zero-order valence-electron chi connectivity index (χ0n) is 21.5. The van der Waals surface area contributed by atoms with Crippen molar-refractivity contribution >= 4 is 28.7 Å². The second-order valence-electron chi connectivity index (χ2n) is 9.63. The fourth-order valence-electron chi connectivity index (χ4n) is 4.40. The third-order valence-corrected chi connectivity index (χ3v) is 7.36. The number of H-pyrrole nitrogens is 1. The molecule has 1 aliphatic rings. The second-order valence-corrected chi connectivity index (χ2v) is 10.5. The van der Waals surface area contributed by atoms with Gasteiger partial charge in [0, 0.05) is 48.5 Å². The molecule has 1 aromatic carbocycles. The first kappa shape index (κ1) is 27.1. The molecule has 3 aromatic heterocycles. The minimum atomic E-state index is -4.49. The first-order chi connectivity index (χ1) is 18.6. The topological polar surface area (TPSA) is 91.9 Å². The quantitative estimate of drug-likeness (QED) is 0.202. The lowest BCUT2D eigenvalue weighted by Gasteiger charge is -2.34. The number of piperidine rings is 1. The van der Waals surface area contributed by atoms with Gasteiger partial charge in [-0.15, -0.1) is 0 Å². The summed E-state index contributed by atoms with van der Waals surface area (Å²) in [4.78, 5) is 15.4. The normalized spacial score (nSPS) is 15.3. The molecule has 39 heavy (non-hydrogen) atoms. The number of hydrogen-bond acceptors (Lipinski definition) is 8. The Morgan fingerprint density at radius 1 is 1.13 bits per heavy atom. The van der Waals surface area contributed by atoms with Crippen LogP contribution >= 0.6 is 11.9 Å². The smallest absolute Gasteiger partial charge is 0.416 e. The lowest BCUT2D eigenvalue weighted by atomic mass is 10.1. The summed E-state index contributed by atoms with van der Waals surface area (Å²) < 4.78 is 62.9. The summed E-state index contributed by atoms with van der Waals surface area (Å²) >= 11 is 0.778. The van der Waals surface area contributed by atoms with Crippen molar-refractivity contribution in [3.8, 4) is 17.3 Å². The monoisotopic (exact) mass is 561 g/mol. The molecule has 0 saturated carbocycles. The van der Waals surface area contributed by atoms with Crippen molar-refractivity contribution in [2.45, 2.75) is 57.0 Å². The molecule has 0 aliphatic carbocycles. The van der Waals surface area contributed by atoms with E-state index in [4.69, 9.17) is 4.74 Å². The van der Waals surface area contributed by atoms with Crippen molar-refractivity contribution in [2.75, 3.05) is 17.8 Å². The third kappa shape index (κ3) is 6.09. The van der Waals surface area contributed by atoms with Crippen LogP contribution in [0.4, 0.5) is 23.2 Å². The maximum Gasteiger partial charge on any atom is 0.416 e. The highest BCUT2D eigenvalue weighted by molar-refractivity contribution is 8.00. The Kier molecular flexibility index (Phi) is 7.63. The van der Waals surface area contributed by atoms with Gasteiger partial charge in [-0.05, 0) is 63.9 Å². The van der Waals surface area contributed by atoms with Gasteiger partial charge in [-0.2, -0.15) is 23.3 Å². The molecule has 1 saturated heterocycles. The van der Waals surface area contributed by atoms with Crippen molar-refractivity contribution in [1.29, 1.82) is 0 Å². The number of halogens is 4.